The molecule has 1 aliphatic heterocycles. The van der Waals surface area contributed by atoms with Crippen LogP contribution >= 0.6 is 0 Å². The molecule has 1 fully saturated rings. The molecular weight excluding hydrogens is 398 g/mol. The summed E-state index contributed by atoms with van der Waals surface area (Å²) in [5.41, 5.74) is 5.25. The zero-order valence-corrected chi connectivity index (χ0v) is 18.2. The van der Waals surface area contributed by atoms with Gasteiger partial charge in [-0.25, -0.2) is 0 Å². The number of nitrogens with zero attached hydrogens (tertiary/aromatic N) is 2. The normalized spacial score (nSPS) is 14.5. The predicted octanol–water partition coefficient (Wildman–Crippen LogP) is 4.95. The summed E-state index contributed by atoms with van der Waals surface area (Å²) < 4.78 is 0. The van der Waals surface area contributed by atoms with E-state index in [9.17, 15) is 9.59 Å². The van der Waals surface area contributed by atoms with E-state index in [4.69, 9.17) is 0 Å². The maximum atomic E-state index is 12.7. The minimum Gasteiger partial charge on any atom is -0.339 e. The van der Waals surface area contributed by atoms with Gasteiger partial charge in [-0.05, 0) is 66.8 Å². The maximum absolute atomic E-state index is 12.7. The van der Waals surface area contributed by atoms with Gasteiger partial charge in [-0.3, -0.25) is 14.6 Å². The van der Waals surface area contributed by atoms with Gasteiger partial charge in [0.2, 0.25) is 11.8 Å². The van der Waals surface area contributed by atoms with Crippen LogP contribution in [0.5, 0.6) is 0 Å². The number of aryl methyl sites for hydroxylation is 1. The second-order valence-corrected chi connectivity index (χ2v) is 8.15. The third kappa shape index (κ3) is 5.49. The highest BCUT2D eigenvalue weighted by Gasteiger charge is 2.26. The molecule has 162 valence electrons. The van der Waals surface area contributed by atoms with Crippen LogP contribution < -0.4 is 5.32 Å². The van der Waals surface area contributed by atoms with Gasteiger partial charge in [-0.2, -0.15) is 0 Å². The average molecular weight is 426 g/mol. The first kappa shape index (κ1) is 21.5. The van der Waals surface area contributed by atoms with Gasteiger partial charge < -0.3 is 10.2 Å². The number of likely N-dealkylation sites (tertiary alicyclic amines) is 1. The van der Waals surface area contributed by atoms with Gasteiger partial charge in [0, 0.05) is 43.2 Å². The van der Waals surface area contributed by atoms with Crippen LogP contribution in [0.15, 0.2) is 79.1 Å². The minimum absolute atomic E-state index is 0.0209. The molecule has 3 aromatic rings. The Morgan fingerprint density at radius 2 is 1.69 bits per heavy atom. The molecule has 32 heavy (non-hydrogen) atoms. The quantitative estimate of drug-likeness (QED) is 0.589. The lowest BCUT2D eigenvalue weighted by atomic mass is 9.95. The molecule has 0 saturated carbocycles. The summed E-state index contributed by atoms with van der Waals surface area (Å²) in [6.45, 7) is 3.25. The lowest BCUT2D eigenvalue weighted by Crippen LogP contribution is -2.40. The minimum atomic E-state index is -0.0836. The number of piperidine rings is 1. The van der Waals surface area contributed by atoms with Crippen LogP contribution in [0, 0.1) is 12.8 Å². The van der Waals surface area contributed by atoms with Crippen LogP contribution in [0.3, 0.4) is 0 Å². The van der Waals surface area contributed by atoms with Crippen LogP contribution in [0.25, 0.3) is 17.2 Å². The molecule has 5 heteroatoms. The second-order valence-electron chi connectivity index (χ2n) is 8.15. The van der Waals surface area contributed by atoms with Crippen molar-refractivity contribution in [3.8, 4) is 11.1 Å². The number of nitrogens with one attached hydrogen (secondary N) is 1. The number of hydrogen-bond donors (Lipinski definition) is 1. The van der Waals surface area contributed by atoms with Gasteiger partial charge >= 0.3 is 0 Å². The summed E-state index contributed by atoms with van der Waals surface area (Å²) in [6, 6.07) is 20.0. The van der Waals surface area contributed by atoms with Crippen LogP contribution in [0.2, 0.25) is 0 Å². The topological polar surface area (TPSA) is 62.3 Å². The number of pyridine rings is 1. The molecule has 1 aliphatic rings. The first-order valence-electron chi connectivity index (χ1n) is 10.9. The number of aromatic nitrogens is 1. The smallest absolute Gasteiger partial charge is 0.246 e. The van der Waals surface area contributed by atoms with Crippen molar-refractivity contribution in [2.75, 3.05) is 18.4 Å². The Morgan fingerprint density at radius 1 is 0.969 bits per heavy atom. The largest absolute Gasteiger partial charge is 0.339 e. The Morgan fingerprint density at radius 3 is 2.38 bits per heavy atom. The predicted molar refractivity (Wildman–Crippen MR) is 128 cm³/mol. The van der Waals surface area contributed by atoms with Gasteiger partial charge in [-0.15, -0.1) is 0 Å². The van der Waals surface area contributed by atoms with Crippen molar-refractivity contribution >= 4 is 23.6 Å². The molecule has 1 N–H and O–H groups in total. The van der Waals surface area contributed by atoms with E-state index in [1.807, 2.05) is 42.5 Å². The molecule has 0 aliphatic carbocycles. The van der Waals surface area contributed by atoms with Crippen molar-refractivity contribution in [1.29, 1.82) is 0 Å². The summed E-state index contributed by atoms with van der Waals surface area (Å²) in [4.78, 5) is 30.9. The van der Waals surface area contributed by atoms with Crippen molar-refractivity contribution in [2.45, 2.75) is 19.8 Å². The number of anilines is 1. The third-order valence-corrected chi connectivity index (χ3v) is 5.81. The lowest BCUT2D eigenvalue weighted by molar-refractivity contribution is -0.130. The number of carbonyl (C=O) groups excluding carboxylic acids is 2. The molecule has 0 spiro atoms. The molecule has 4 rings (SSSR count). The molecule has 0 atom stereocenters. The van der Waals surface area contributed by atoms with Gasteiger partial charge in [0.05, 0.1) is 0 Å². The highest BCUT2D eigenvalue weighted by Crippen LogP contribution is 2.24. The molecule has 0 bridgehead atoms. The van der Waals surface area contributed by atoms with E-state index in [2.05, 4.69) is 35.4 Å². The Labute approximate surface area is 188 Å². The van der Waals surface area contributed by atoms with E-state index in [1.54, 1.807) is 29.4 Å². The molecule has 2 aromatic carbocycles. The zero-order valence-electron chi connectivity index (χ0n) is 18.2. The lowest BCUT2D eigenvalue weighted by Gasteiger charge is -2.30. The molecule has 2 amide bonds. The van der Waals surface area contributed by atoms with Crippen molar-refractivity contribution in [3.63, 3.8) is 0 Å². The Bertz CT molecular complexity index is 1100. The van der Waals surface area contributed by atoms with Gasteiger partial charge in [-0.1, -0.05) is 42.0 Å². The molecular formula is C27H27N3O2. The summed E-state index contributed by atoms with van der Waals surface area (Å²) in [5.74, 6) is -0.0835. The highest BCUT2D eigenvalue weighted by molar-refractivity contribution is 5.94. The summed E-state index contributed by atoms with van der Waals surface area (Å²) in [6.07, 6.45) is 8.12. The number of carbonyl (C=O) groups is 2. The van der Waals surface area contributed by atoms with Crippen LogP contribution in [0.4, 0.5) is 5.69 Å². The van der Waals surface area contributed by atoms with Crippen molar-refractivity contribution < 1.29 is 9.59 Å². The molecule has 1 aromatic heterocycles. The highest BCUT2D eigenvalue weighted by atomic mass is 16.2. The van der Waals surface area contributed by atoms with Crippen LogP contribution in [-0.2, 0) is 9.59 Å². The Hall–Kier alpha value is -3.73. The van der Waals surface area contributed by atoms with Crippen molar-refractivity contribution in [2.24, 2.45) is 5.92 Å². The molecule has 0 unspecified atom stereocenters. The fourth-order valence-electron chi connectivity index (χ4n) is 3.92. The first-order valence-corrected chi connectivity index (χ1v) is 10.9. The molecule has 1 saturated heterocycles. The van der Waals surface area contributed by atoms with Crippen molar-refractivity contribution in [3.05, 3.63) is 90.3 Å². The van der Waals surface area contributed by atoms with E-state index in [1.165, 1.54) is 5.56 Å². The van der Waals surface area contributed by atoms with Gasteiger partial charge in [0.15, 0.2) is 0 Å². The summed E-state index contributed by atoms with van der Waals surface area (Å²) >= 11 is 0. The number of rotatable bonds is 5. The van der Waals surface area contributed by atoms with E-state index >= 15 is 0 Å². The van der Waals surface area contributed by atoms with Gasteiger partial charge in [0.25, 0.3) is 0 Å². The summed E-state index contributed by atoms with van der Waals surface area (Å²) in [5, 5.41) is 3.03. The van der Waals surface area contributed by atoms with E-state index in [0.717, 1.165) is 22.4 Å². The zero-order chi connectivity index (χ0) is 22.3. The Balaban J connectivity index is 1.28. The fourth-order valence-corrected chi connectivity index (χ4v) is 3.92. The average Bonchev–Trinajstić information content (AvgIpc) is 2.84. The molecule has 5 nitrogen and oxygen atoms in total. The maximum Gasteiger partial charge on any atom is 0.246 e. The van der Waals surface area contributed by atoms with E-state index < -0.39 is 0 Å². The standard InChI is InChI=1S/C27H27N3O2/c1-20-3-2-4-24(19-20)22-6-8-25(9-7-22)29-27(32)23-13-17-30(18-14-23)26(31)10-5-21-11-15-28-16-12-21/h2-12,15-16,19,23H,13-14,17-18H2,1H3,(H,29,32)/b10-5+. The number of hydrogen-bond acceptors (Lipinski definition) is 3. The molecule has 2 heterocycles. The third-order valence-electron chi connectivity index (χ3n) is 5.81. The van der Waals surface area contributed by atoms with Gasteiger partial charge in [0.1, 0.15) is 0 Å². The fraction of sp³-hybridized carbons (Fsp3) is 0.222. The molecule has 0 radical (unpaired) electrons. The monoisotopic (exact) mass is 425 g/mol. The SMILES string of the molecule is Cc1cccc(-c2ccc(NC(=O)C3CCN(C(=O)/C=C/c4ccncc4)CC3)cc2)c1. The van der Waals surface area contributed by atoms with E-state index in [0.29, 0.717) is 25.9 Å². The van der Waals surface area contributed by atoms with Crippen molar-refractivity contribution in [1.82, 2.24) is 9.88 Å². The second kappa shape index (κ2) is 10.1. The van der Waals surface area contributed by atoms with Crippen LogP contribution in [-0.4, -0.2) is 34.8 Å². The number of benzene rings is 2. The van der Waals surface area contributed by atoms with Crippen LogP contribution in [0.1, 0.15) is 24.0 Å². The first-order chi connectivity index (χ1) is 15.6. The Kier molecular flexibility index (Phi) is 6.75. The van der Waals surface area contributed by atoms with E-state index in [-0.39, 0.29) is 17.7 Å². The number of amides is 2. The summed E-state index contributed by atoms with van der Waals surface area (Å²) in [7, 11) is 0.